The fourth-order valence-corrected chi connectivity index (χ4v) is 3.91. The molecule has 168 valence electrons. The number of guanidine groups is 1. The molecule has 1 heterocycles. The number of benzene rings is 1. The summed E-state index contributed by atoms with van der Waals surface area (Å²) in [5, 5.41) is 14.4. The number of carbonyl (C=O) groups is 1. The zero-order chi connectivity index (χ0) is 20.9. The van der Waals surface area contributed by atoms with Crippen LogP contribution in [0.5, 0.6) is 0 Å². The van der Waals surface area contributed by atoms with Gasteiger partial charge in [-0.2, -0.15) is 4.98 Å². The highest BCUT2D eigenvalue weighted by Gasteiger charge is 2.31. The summed E-state index contributed by atoms with van der Waals surface area (Å²) in [5.74, 6) is 1.88. The predicted octanol–water partition coefficient (Wildman–Crippen LogP) is 3.51. The van der Waals surface area contributed by atoms with Crippen LogP contribution in [0.4, 0.5) is 0 Å². The van der Waals surface area contributed by atoms with Gasteiger partial charge in [0, 0.05) is 35.6 Å². The third-order valence-electron chi connectivity index (χ3n) is 5.49. The van der Waals surface area contributed by atoms with Crippen LogP contribution in [0.1, 0.15) is 44.4 Å². The Hall–Kier alpha value is -1.88. The predicted molar refractivity (Wildman–Crippen MR) is 130 cm³/mol. The molecule has 0 radical (unpaired) electrons. The van der Waals surface area contributed by atoms with Gasteiger partial charge in [0.05, 0.1) is 6.54 Å². The third-order valence-corrected chi connectivity index (χ3v) is 5.73. The van der Waals surface area contributed by atoms with Crippen LogP contribution in [0, 0.1) is 5.92 Å². The van der Waals surface area contributed by atoms with Gasteiger partial charge >= 0.3 is 0 Å². The number of nitrogens with zero attached hydrogens (tertiary/aromatic N) is 3. The molecule has 1 amide bonds. The smallest absolute Gasteiger partial charge is 0.246 e. The molecule has 0 bridgehead atoms. The van der Waals surface area contributed by atoms with Crippen molar-refractivity contribution in [3.8, 4) is 11.4 Å². The fourth-order valence-electron chi connectivity index (χ4n) is 3.72. The van der Waals surface area contributed by atoms with Crippen LogP contribution >= 0.6 is 35.6 Å². The molecule has 1 aromatic carbocycles. The van der Waals surface area contributed by atoms with Gasteiger partial charge in [0.2, 0.25) is 17.6 Å². The van der Waals surface area contributed by atoms with Gasteiger partial charge in [-0.25, -0.2) is 0 Å². The number of hydrogen-bond donors (Lipinski definition) is 3. The van der Waals surface area contributed by atoms with Crippen molar-refractivity contribution < 1.29 is 9.32 Å². The zero-order valence-corrected chi connectivity index (χ0v) is 20.5. The van der Waals surface area contributed by atoms with Gasteiger partial charge in [0.25, 0.3) is 0 Å². The molecule has 2 saturated carbocycles. The fraction of sp³-hybridized carbons (Fsp3) is 0.524. The third kappa shape index (κ3) is 6.80. The maximum atomic E-state index is 12.4. The van der Waals surface area contributed by atoms with Crippen molar-refractivity contribution >= 4 is 47.4 Å². The van der Waals surface area contributed by atoms with Crippen molar-refractivity contribution in [1.82, 2.24) is 26.1 Å². The molecule has 3 N–H and O–H groups in total. The number of carbonyl (C=O) groups excluding carboxylic acids is 1. The number of amides is 1. The molecule has 8 nitrogen and oxygen atoms in total. The first-order chi connectivity index (χ1) is 14.6. The monoisotopic (exact) mass is 558 g/mol. The Kier molecular flexibility index (Phi) is 8.53. The van der Waals surface area contributed by atoms with Crippen LogP contribution in [-0.2, 0) is 11.3 Å². The van der Waals surface area contributed by atoms with Crippen LogP contribution in [0.15, 0.2) is 33.8 Å². The number of halogens is 2. The molecule has 2 aliphatic rings. The largest absolute Gasteiger partial charge is 0.354 e. The lowest BCUT2D eigenvalue weighted by molar-refractivity contribution is -0.126. The first-order valence-electron chi connectivity index (χ1n) is 10.5. The van der Waals surface area contributed by atoms with Gasteiger partial charge < -0.3 is 20.5 Å². The topological polar surface area (TPSA) is 104 Å². The van der Waals surface area contributed by atoms with E-state index in [4.69, 9.17) is 16.1 Å². The van der Waals surface area contributed by atoms with Gasteiger partial charge in [-0.05, 0) is 44.2 Å². The molecule has 0 aliphatic heterocycles. The van der Waals surface area contributed by atoms with Crippen LogP contribution in [0.25, 0.3) is 11.4 Å². The molecule has 1 aromatic heterocycles. The minimum absolute atomic E-state index is 0. The highest BCUT2D eigenvalue weighted by Crippen LogP contribution is 2.27. The van der Waals surface area contributed by atoms with Crippen molar-refractivity contribution in [3.63, 3.8) is 0 Å². The van der Waals surface area contributed by atoms with E-state index < -0.39 is 0 Å². The van der Waals surface area contributed by atoms with Crippen molar-refractivity contribution in [1.29, 1.82) is 0 Å². The molecule has 0 saturated heterocycles. The summed E-state index contributed by atoms with van der Waals surface area (Å²) < 4.78 is 5.33. The highest BCUT2D eigenvalue weighted by atomic mass is 127. The summed E-state index contributed by atoms with van der Waals surface area (Å²) in [7, 11) is 1.72. The van der Waals surface area contributed by atoms with Crippen molar-refractivity contribution in [2.24, 2.45) is 10.9 Å². The summed E-state index contributed by atoms with van der Waals surface area (Å²) in [6.45, 7) is 0.353. The Bertz CT molecular complexity index is 917. The first-order valence-corrected chi connectivity index (χ1v) is 10.8. The quantitative estimate of drug-likeness (QED) is 0.285. The number of nitrogens with one attached hydrogen (secondary N) is 3. The second kappa shape index (κ2) is 11.1. The first kappa shape index (κ1) is 23.8. The summed E-state index contributed by atoms with van der Waals surface area (Å²) >= 11 is 6.03. The molecule has 10 heteroatoms. The molecule has 2 unspecified atom stereocenters. The van der Waals surface area contributed by atoms with Gasteiger partial charge in [0.15, 0.2) is 5.96 Å². The van der Waals surface area contributed by atoms with Crippen LogP contribution in [0.3, 0.4) is 0 Å². The van der Waals surface area contributed by atoms with E-state index >= 15 is 0 Å². The second-order valence-corrected chi connectivity index (χ2v) is 8.37. The molecule has 2 atom stereocenters. The standard InChI is InChI=1S/C21H27ClN6O2.HI/c1-23-21(26-17-7-3-5-14(11-17)20(29)25-16-8-9-16)24-12-18-27-19(28-30-18)13-4-2-6-15(22)10-13;/h2,4,6,10,14,16-17H,3,5,7-9,11-12H2,1H3,(H,25,29)(H2,23,24,26);1H. The Morgan fingerprint density at radius 3 is 2.81 bits per heavy atom. The van der Waals surface area contributed by atoms with E-state index in [0.29, 0.717) is 35.3 Å². The lowest BCUT2D eigenvalue weighted by Crippen LogP contribution is -2.47. The molecule has 2 aliphatic carbocycles. The summed E-state index contributed by atoms with van der Waals surface area (Å²) in [6.07, 6.45) is 6.06. The molecule has 0 spiro atoms. The van der Waals surface area contributed by atoms with Gasteiger partial charge in [0.1, 0.15) is 0 Å². The van der Waals surface area contributed by atoms with E-state index in [1.54, 1.807) is 19.2 Å². The Labute approximate surface area is 204 Å². The lowest BCUT2D eigenvalue weighted by atomic mass is 9.85. The number of rotatable bonds is 6. The van der Waals surface area contributed by atoms with Crippen LogP contribution < -0.4 is 16.0 Å². The van der Waals surface area contributed by atoms with E-state index in [1.165, 1.54) is 0 Å². The van der Waals surface area contributed by atoms with Crippen LogP contribution in [0.2, 0.25) is 5.02 Å². The zero-order valence-electron chi connectivity index (χ0n) is 17.4. The average molecular weight is 559 g/mol. The summed E-state index contributed by atoms with van der Waals surface area (Å²) in [4.78, 5) is 21.1. The van der Waals surface area contributed by atoms with Gasteiger partial charge in [-0.15, -0.1) is 24.0 Å². The van der Waals surface area contributed by atoms with E-state index in [1.807, 2.05) is 12.1 Å². The highest BCUT2D eigenvalue weighted by molar-refractivity contribution is 14.0. The van der Waals surface area contributed by atoms with E-state index in [0.717, 1.165) is 44.1 Å². The second-order valence-electron chi connectivity index (χ2n) is 7.94. The van der Waals surface area contributed by atoms with Gasteiger partial charge in [-0.3, -0.25) is 9.79 Å². The molecule has 2 fully saturated rings. The Balaban J connectivity index is 0.00000272. The maximum Gasteiger partial charge on any atom is 0.246 e. The van der Waals surface area contributed by atoms with Gasteiger partial charge in [-0.1, -0.05) is 35.3 Å². The maximum absolute atomic E-state index is 12.4. The molecular formula is C21H28ClIN6O2. The minimum atomic E-state index is 0. The molecule has 31 heavy (non-hydrogen) atoms. The Morgan fingerprint density at radius 2 is 2.06 bits per heavy atom. The summed E-state index contributed by atoms with van der Waals surface area (Å²) in [5.41, 5.74) is 0.803. The number of aliphatic imine (C=N–C) groups is 1. The summed E-state index contributed by atoms with van der Waals surface area (Å²) in [6, 6.07) is 7.95. The molecular weight excluding hydrogens is 531 g/mol. The van der Waals surface area contributed by atoms with Crippen molar-refractivity contribution in [2.75, 3.05) is 7.05 Å². The normalized spacial score (nSPS) is 21.2. The number of hydrogen-bond acceptors (Lipinski definition) is 5. The van der Waals surface area contributed by atoms with E-state index in [-0.39, 0.29) is 41.8 Å². The molecule has 4 rings (SSSR count). The lowest BCUT2D eigenvalue weighted by Gasteiger charge is -2.30. The minimum Gasteiger partial charge on any atom is -0.354 e. The van der Waals surface area contributed by atoms with Crippen LogP contribution in [-0.4, -0.2) is 41.1 Å². The van der Waals surface area contributed by atoms with E-state index in [2.05, 4.69) is 31.1 Å². The average Bonchev–Trinajstić information content (AvgIpc) is 3.44. The molecule has 2 aromatic rings. The van der Waals surface area contributed by atoms with Crippen molar-refractivity contribution in [3.05, 3.63) is 35.2 Å². The van der Waals surface area contributed by atoms with Crippen molar-refractivity contribution in [2.45, 2.75) is 57.2 Å². The SMILES string of the molecule is CN=C(NCc1nc(-c2cccc(Cl)c2)no1)NC1CCCC(C(=O)NC2CC2)C1.I. The number of aromatic nitrogens is 2. The Morgan fingerprint density at radius 1 is 1.23 bits per heavy atom. The van der Waals surface area contributed by atoms with E-state index in [9.17, 15) is 4.79 Å².